The molecule has 4 bridgehead atoms. The molecule has 4 saturated carbocycles. The topological polar surface area (TPSA) is 38.3 Å². The molecule has 1 saturated heterocycles. The molecular weight excluding hydrogens is 274 g/mol. The minimum absolute atomic E-state index is 0.328. The Balaban J connectivity index is 1.24. The summed E-state index contributed by atoms with van der Waals surface area (Å²) in [6, 6.07) is 0. The van der Waals surface area contributed by atoms with E-state index in [1.807, 2.05) is 0 Å². The molecular formula is C19H31NO2. The molecule has 0 aromatic heterocycles. The third-order valence-electron chi connectivity index (χ3n) is 6.92. The molecule has 0 atom stereocenters. The summed E-state index contributed by atoms with van der Waals surface area (Å²) in [6.45, 7) is 2.69. The highest BCUT2D eigenvalue weighted by Gasteiger charge is 2.51. The number of rotatable bonds is 5. The summed E-state index contributed by atoms with van der Waals surface area (Å²) in [5.41, 5.74) is 0.386. The molecule has 3 nitrogen and oxygen atoms in total. The summed E-state index contributed by atoms with van der Waals surface area (Å²) in [6.07, 6.45) is 12.7. The number of hydrogen-bond acceptors (Lipinski definition) is 2. The molecule has 1 amide bonds. The first-order valence-electron chi connectivity index (χ1n) is 9.55. The van der Waals surface area contributed by atoms with Crippen molar-refractivity contribution >= 4 is 5.91 Å². The van der Waals surface area contributed by atoms with Crippen LogP contribution in [0.3, 0.4) is 0 Å². The van der Waals surface area contributed by atoms with Crippen LogP contribution < -0.4 is 5.32 Å². The maximum atomic E-state index is 12.4. The molecule has 124 valence electrons. The van der Waals surface area contributed by atoms with Crippen LogP contribution in [0.1, 0.15) is 64.2 Å². The lowest BCUT2D eigenvalue weighted by molar-refractivity contribution is -0.129. The average Bonchev–Trinajstić information content (AvgIpc) is 2.46. The van der Waals surface area contributed by atoms with Crippen molar-refractivity contribution in [3.8, 4) is 0 Å². The number of nitrogens with one attached hydrogen (secondary N) is 1. The average molecular weight is 305 g/mol. The van der Waals surface area contributed by atoms with Crippen LogP contribution in [0.25, 0.3) is 0 Å². The number of carbonyl (C=O) groups is 1. The van der Waals surface area contributed by atoms with Crippen LogP contribution in [0.15, 0.2) is 0 Å². The molecule has 5 fully saturated rings. The van der Waals surface area contributed by atoms with Crippen molar-refractivity contribution in [1.29, 1.82) is 0 Å². The molecule has 1 aliphatic heterocycles. The third-order valence-corrected chi connectivity index (χ3v) is 6.92. The van der Waals surface area contributed by atoms with Gasteiger partial charge in [-0.2, -0.15) is 0 Å². The summed E-state index contributed by atoms with van der Waals surface area (Å²) in [5, 5.41) is 3.23. The van der Waals surface area contributed by atoms with Gasteiger partial charge in [-0.3, -0.25) is 4.79 Å². The zero-order valence-corrected chi connectivity index (χ0v) is 13.8. The molecule has 22 heavy (non-hydrogen) atoms. The highest BCUT2D eigenvalue weighted by molar-refractivity contribution is 5.76. The maximum Gasteiger partial charge on any atom is 0.220 e. The Morgan fingerprint density at radius 1 is 1.00 bits per heavy atom. The van der Waals surface area contributed by atoms with Gasteiger partial charge in [-0.25, -0.2) is 0 Å². The first kappa shape index (κ1) is 15.0. The quantitative estimate of drug-likeness (QED) is 0.844. The fraction of sp³-hybridized carbons (Fsp3) is 0.947. The van der Waals surface area contributed by atoms with Gasteiger partial charge >= 0.3 is 0 Å². The number of carbonyl (C=O) groups excluding carboxylic acids is 1. The van der Waals surface area contributed by atoms with Crippen LogP contribution in [-0.2, 0) is 9.53 Å². The Hall–Kier alpha value is -0.570. The largest absolute Gasteiger partial charge is 0.381 e. The predicted molar refractivity (Wildman–Crippen MR) is 86.4 cm³/mol. The van der Waals surface area contributed by atoms with Crippen molar-refractivity contribution in [2.75, 3.05) is 19.8 Å². The number of ether oxygens (including phenoxy) is 1. The number of amides is 1. The molecule has 0 aromatic rings. The molecule has 0 aromatic carbocycles. The highest BCUT2D eigenvalue weighted by atomic mass is 16.5. The number of hydrogen-bond donors (Lipinski definition) is 1. The van der Waals surface area contributed by atoms with Crippen molar-refractivity contribution in [2.24, 2.45) is 29.1 Å². The van der Waals surface area contributed by atoms with Crippen molar-refractivity contribution in [2.45, 2.75) is 64.2 Å². The minimum Gasteiger partial charge on any atom is -0.381 e. The van der Waals surface area contributed by atoms with Crippen molar-refractivity contribution in [3.05, 3.63) is 0 Å². The van der Waals surface area contributed by atoms with E-state index >= 15 is 0 Å². The van der Waals surface area contributed by atoms with Crippen LogP contribution in [0.4, 0.5) is 0 Å². The van der Waals surface area contributed by atoms with Gasteiger partial charge in [-0.05, 0) is 86.9 Å². The van der Waals surface area contributed by atoms with Gasteiger partial charge in [0.1, 0.15) is 0 Å². The van der Waals surface area contributed by atoms with Crippen LogP contribution in [0, 0.1) is 29.1 Å². The predicted octanol–water partition coefficient (Wildman–Crippen LogP) is 3.53. The van der Waals surface area contributed by atoms with Gasteiger partial charge in [-0.1, -0.05) is 0 Å². The maximum absolute atomic E-state index is 12.4. The van der Waals surface area contributed by atoms with Gasteiger partial charge < -0.3 is 10.1 Å². The van der Waals surface area contributed by atoms with Crippen LogP contribution in [0.2, 0.25) is 0 Å². The fourth-order valence-corrected chi connectivity index (χ4v) is 6.36. The Labute approximate surface area is 134 Å². The molecule has 5 rings (SSSR count). The monoisotopic (exact) mass is 305 g/mol. The zero-order valence-electron chi connectivity index (χ0n) is 13.8. The van der Waals surface area contributed by atoms with Gasteiger partial charge in [0.15, 0.2) is 0 Å². The highest BCUT2D eigenvalue weighted by Crippen LogP contribution is 2.61. The van der Waals surface area contributed by atoms with Gasteiger partial charge in [0.25, 0.3) is 0 Å². The van der Waals surface area contributed by atoms with Crippen molar-refractivity contribution in [1.82, 2.24) is 5.32 Å². The van der Waals surface area contributed by atoms with Gasteiger partial charge in [0.05, 0.1) is 0 Å². The summed E-state index contributed by atoms with van der Waals surface area (Å²) >= 11 is 0. The van der Waals surface area contributed by atoms with E-state index in [1.54, 1.807) is 0 Å². The summed E-state index contributed by atoms with van der Waals surface area (Å²) < 4.78 is 5.40. The standard InChI is InChI=1S/C19H31NO2/c21-18(20-4-1-14-2-5-22-6-3-14)13-19-10-15-7-16(11-19)9-17(8-15)12-19/h14-17H,1-13H2,(H,20,21). The molecule has 1 N–H and O–H groups in total. The molecule has 4 aliphatic carbocycles. The van der Waals surface area contributed by atoms with Crippen molar-refractivity contribution < 1.29 is 9.53 Å². The smallest absolute Gasteiger partial charge is 0.220 e. The summed E-state index contributed by atoms with van der Waals surface area (Å²) in [5.74, 6) is 3.92. The second kappa shape index (κ2) is 6.14. The first-order chi connectivity index (χ1) is 10.7. The third kappa shape index (κ3) is 3.20. The lowest BCUT2D eigenvalue weighted by Gasteiger charge is -2.56. The Morgan fingerprint density at radius 3 is 2.18 bits per heavy atom. The summed E-state index contributed by atoms with van der Waals surface area (Å²) in [7, 11) is 0. The summed E-state index contributed by atoms with van der Waals surface area (Å²) in [4.78, 5) is 12.4. The van der Waals surface area contributed by atoms with E-state index < -0.39 is 0 Å². The molecule has 3 heteroatoms. The molecule has 5 aliphatic rings. The molecule has 0 radical (unpaired) electrons. The van der Waals surface area contributed by atoms with Crippen LogP contribution in [0.5, 0.6) is 0 Å². The molecule has 1 heterocycles. The minimum atomic E-state index is 0.328. The lowest BCUT2D eigenvalue weighted by Crippen LogP contribution is -2.48. The Morgan fingerprint density at radius 2 is 1.59 bits per heavy atom. The van der Waals surface area contributed by atoms with E-state index in [2.05, 4.69) is 5.32 Å². The van der Waals surface area contributed by atoms with Gasteiger partial charge in [0.2, 0.25) is 5.91 Å². The second-order valence-electron chi connectivity index (χ2n) is 8.79. The zero-order chi connectivity index (χ0) is 15.0. The second-order valence-corrected chi connectivity index (χ2v) is 8.79. The van der Waals surface area contributed by atoms with Gasteiger partial charge in [0, 0.05) is 26.2 Å². The lowest BCUT2D eigenvalue weighted by atomic mass is 9.49. The van der Waals surface area contributed by atoms with E-state index in [-0.39, 0.29) is 0 Å². The van der Waals surface area contributed by atoms with E-state index in [4.69, 9.17) is 4.74 Å². The van der Waals surface area contributed by atoms with E-state index in [0.29, 0.717) is 11.3 Å². The van der Waals surface area contributed by atoms with Crippen LogP contribution >= 0.6 is 0 Å². The van der Waals surface area contributed by atoms with E-state index in [9.17, 15) is 4.79 Å². The first-order valence-corrected chi connectivity index (χ1v) is 9.55. The Bertz CT molecular complexity index is 378. The van der Waals surface area contributed by atoms with Gasteiger partial charge in [-0.15, -0.1) is 0 Å². The SMILES string of the molecule is O=C(CC12CC3CC(CC(C3)C1)C2)NCCC1CCOCC1. The molecule has 0 spiro atoms. The van der Waals surface area contributed by atoms with Crippen molar-refractivity contribution in [3.63, 3.8) is 0 Å². The normalized spacial score (nSPS) is 40.8. The Kier molecular flexibility index (Phi) is 4.19. The molecule has 0 unspecified atom stereocenters. The fourth-order valence-electron chi connectivity index (χ4n) is 6.36. The van der Waals surface area contributed by atoms with Crippen LogP contribution in [-0.4, -0.2) is 25.7 Å². The van der Waals surface area contributed by atoms with E-state index in [1.165, 1.54) is 51.4 Å². The van der Waals surface area contributed by atoms with E-state index in [0.717, 1.165) is 56.3 Å².